The second kappa shape index (κ2) is 5.51. The molecule has 0 bridgehead atoms. The molecule has 1 aliphatic heterocycles. The van der Waals surface area contributed by atoms with Gasteiger partial charge in [-0.25, -0.2) is 0 Å². The van der Waals surface area contributed by atoms with E-state index in [2.05, 4.69) is 15.5 Å². The third-order valence-corrected chi connectivity index (χ3v) is 2.78. The Labute approximate surface area is 103 Å². The molecule has 1 aliphatic rings. The molecular weight excluding hydrogens is 247 g/mol. The van der Waals surface area contributed by atoms with Gasteiger partial charge in [0.1, 0.15) is 5.82 Å². The Kier molecular flexibility index (Phi) is 4.00. The summed E-state index contributed by atoms with van der Waals surface area (Å²) >= 11 is 0. The van der Waals surface area contributed by atoms with Crippen LogP contribution in [0.1, 0.15) is 18.5 Å². The predicted octanol–water partition coefficient (Wildman–Crippen LogP) is 2.33. The molecule has 0 amide bonds. The number of hydrogen-bond acceptors (Lipinski definition) is 4. The van der Waals surface area contributed by atoms with Crippen LogP contribution in [0, 0.1) is 5.92 Å². The van der Waals surface area contributed by atoms with Crippen molar-refractivity contribution >= 4 is 5.82 Å². The summed E-state index contributed by atoms with van der Waals surface area (Å²) in [5, 5.41) is 9.62. The van der Waals surface area contributed by atoms with Gasteiger partial charge >= 0.3 is 6.18 Å². The smallest absolute Gasteiger partial charge is 0.381 e. The lowest BCUT2D eigenvalue weighted by Gasteiger charge is -2.22. The van der Waals surface area contributed by atoms with Crippen LogP contribution in [0.15, 0.2) is 12.1 Å². The molecule has 1 fully saturated rings. The maximum absolute atomic E-state index is 12.3. The van der Waals surface area contributed by atoms with Crippen molar-refractivity contribution in [3.05, 3.63) is 17.8 Å². The van der Waals surface area contributed by atoms with Crippen LogP contribution in [0.2, 0.25) is 0 Å². The highest BCUT2D eigenvalue weighted by atomic mass is 19.4. The second-order valence-electron chi connectivity index (χ2n) is 4.27. The van der Waals surface area contributed by atoms with Crippen molar-refractivity contribution in [2.24, 2.45) is 5.92 Å². The Bertz CT molecular complexity index is 374. The van der Waals surface area contributed by atoms with Gasteiger partial charge in [-0.1, -0.05) is 0 Å². The van der Waals surface area contributed by atoms with Crippen molar-refractivity contribution in [2.45, 2.75) is 19.0 Å². The minimum atomic E-state index is -4.44. The highest BCUT2D eigenvalue weighted by molar-refractivity contribution is 5.33. The van der Waals surface area contributed by atoms with E-state index in [-0.39, 0.29) is 0 Å². The summed E-state index contributed by atoms with van der Waals surface area (Å²) in [4.78, 5) is 0. The van der Waals surface area contributed by atoms with Crippen LogP contribution in [0.3, 0.4) is 0 Å². The summed E-state index contributed by atoms with van der Waals surface area (Å²) in [6.07, 6.45) is -2.37. The molecule has 7 heteroatoms. The van der Waals surface area contributed by atoms with E-state index >= 15 is 0 Å². The molecule has 1 N–H and O–H groups in total. The second-order valence-corrected chi connectivity index (χ2v) is 4.27. The Morgan fingerprint density at radius 2 is 2.17 bits per heavy atom. The van der Waals surface area contributed by atoms with Gasteiger partial charge in [0.25, 0.3) is 0 Å². The van der Waals surface area contributed by atoms with Crippen LogP contribution in [0.25, 0.3) is 0 Å². The van der Waals surface area contributed by atoms with E-state index in [1.54, 1.807) is 0 Å². The quantitative estimate of drug-likeness (QED) is 0.907. The van der Waals surface area contributed by atoms with Gasteiger partial charge in [0, 0.05) is 13.2 Å². The van der Waals surface area contributed by atoms with Crippen LogP contribution < -0.4 is 5.32 Å². The van der Waals surface area contributed by atoms with Gasteiger partial charge in [0.15, 0.2) is 5.69 Å². The van der Waals surface area contributed by atoms with Crippen LogP contribution in [-0.2, 0) is 10.9 Å². The normalized spacial score (nSPS) is 20.7. The number of halogens is 3. The summed E-state index contributed by atoms with van der Waals surface area (Å²) < 4.78 is 42.1. The van der Waals surface area contributed by atoms with Gasteiger partial charge in [-0.05, 0) is 30.9 Å². The summed E-state index contributed by atoms with van der Waals surface area (Å²) in [7, 11) is 0. The zero-order chi connectivity index (χ0) is 13.0. The molecule has 0 spiro atoms. The van der Waals surface area contributed by atoms with E-state index < -0.39 is 11.9 Å². The van der Waals surface area contributed by atoms with Gasteiger partial charge in [-0.3, -0.25) is 0 Å². The molecule has 1 unspecified atom stereocenters. The fourth-order valence-corrected chi connectivity index (χ4v) is 1.80. The van der Waals surface area contributed by atoms with Crippen LogP contribution in [-0.4, -0.2) is 30.0 Å². The van der Waals surface area contributed by atoms with Crippen molar-refractivity contribution in [3.63, 3.8) is 0 Å². The van der Waals surface area contributed by atoms with Crippen molar-refractivity contribution in [1.82, 2.24) is 10.2 Å². The summed E-state index contributed by atoms with van der Waals surface area (Å²) in [5.41, 5.74) is -0.978. The van der Waals surface area contributed by atoms with Gasteiger partial charge in [0.05, 0.1) is 6.61 Å². The molecule has 100 valence electrons. The van der Waals surface area contributed by atoms with Crippen LogP contribution in [0.4, 0.5) is 19.0 Å². The van der Waals surface area contributed by atoms with Crippen molar-refractivity contribution in [2.75, 3.05) is 25.1 Å². The lowest BCUT2D eigenvalue weighted by atomic mass is 10.0. The standard InChI is InChI=1S/C11H14F3N3O/c12-11(13,14)9-3-4-10(17-16-9)15-6-8-2-1-5-18-7-8/h3-4,8H,1-2,5-7H2,(H,15,17). The topological polar surface area (TPSA) is 47.0 Å². The zero-order valence-corrected chi connectivity index (χ0v) is 9.70. The maximum Gasteiger partial charge on any atom is 0.435 e. The van der Waals surface area contributed by atoms with Crippen molar-refractivity contribution in [1.29, 1.82) is 0 Å². The molecule has 0 aromatic carbocycles. The number of rotatable bonds is 3. The van der Waals surface area contributed by atoms with Crippen molar-refractivity contribution in [3.8, 4) is 0 Å². The summed E-state index contributed by atoms with van der Waals surface area (Å²) in [6, 6.07) is 2.21. The lowest BCUT2D eigenvalue weighted by Crippen LogP contribution is -2.24. The molecule has 1 aromatic heterocycles. The first-order valence-electron chi connectivity index (χ1n) is 5.78. The van der Waals surface area contributed by atoms with E-state index in [0.29, 0.717) is 24.9 Å². The highest BCUT2D eigenvalue weighted by Crippen LogP contribution is 2.27. The first-order chi connectivity index (χ1) is 8.55. The fourth-order valence-electron chi connectivity index (χ4n) is 1.80. The van der Waals surface area contributed by atoms with Gasteiger partial charge in [-0.15, -0.1) is 10.2 Å². The Morgan fingerprint density at radius 3 is 2.72 bits per heavy atom. The van der Waals surface area contributed by atoms with Crippen LogP contribution in [0.5, 0.6) is 0 Å². The van der Waals surface area contributed by atoms with Gasteiger partial charge in [-0.2, -0.15) is 13.2 Å². The van der Waals surface area contributed by atoms with E-state index in [9.17, 15) is 13.2 Å². The molecule has 1 saturated heterocycles. The number of nitrogens with zero attached hydrogens (tertiary/aromatic N) is 2. The fraction of sp³-hybridized carbons (Fsp3) is 0.636. The Morgan fingerprint density at radius 1 is 1.33 bits per heavy atom. The van der Waals surface area contributed by atoms with Gasteiger partial charge < -0.3 is 10.1 Å². The first-order valence-corrected chi connectivity index (χ1v) is 5.78. The molecule has 1 atom stereocenters. The SMILES string of the molecule is FC(F)(F)c1ccc(NCC2CCCOC2)nn1. The first kappa shape index (κ1) is 13.1. The van der Waals surface area contributed by atoms with Gasteiger partial charge in [0.2, 0.25) is 0 Å². The number of anilines is 1. The predicted molar refractivity (Wildman–Crippen MR) is 59.1 cm³/mol. The summed E-state index contributed by atoms with van der Waals surface area (Å²) in [6.45, 7) is 2.11. The Hall–Kier alpha value is -1.37. The average molecular weight is 261 g/mol. The zero-order valence-electron chi connectivity index (χ0n) is 9.70. The van der Waals surface area contributed by atoms with Crippen LogP contribution >= 0.6 is 0 Å². The molecule has 4 nitrogen and oxygen atoms in total. The van der Waals surface area contributed by atoms with E-state index in [1.807, 2.05) is 0 Å². The average Bonchev–Trinajstić information content (AvgIpc) is 2.37. The Balaban J connectivity index is 1.86. The molecule has 18 heavy (non-hydrogen) atoms. The summed E-state index contributed by atoms with van der Waals surface area (Å²) in [5.74, 6) is 0.733. The minimum absolute atomic E-state index is 0.355. The number of hydrogen-bond donors (Lipinski definition) is 1. The molecule has 0 radical (unpaired) electrons. The molecule has 0 saturated carbocycles. The number of ether oxygens (including phenoxy) is 1. The number of nitrogens with one attached hydrogen (secondary N) is 1. The van der Waals surface area contributed by atoms with E-state index in [4.69, 9.17) is 4.74 Å². The maximum atomic E-state index is 12.3. The van der Waals surface area contributed by atoms with Crippen molar-refractivity contribution < 1.29 is 17.9 Å². The van der Waals surface area contributed by atoms with E-state index in [1.165, 1.54) is 6.07 Å². The molecule has 1 aromatic rings. The molecular formula is C11H14F3N3O. The van der Waals surface area contributed by atoms with E-state index in [0.717, 1.165) is 25.5 Å². The molecule has 0 aliphatic carbocycles. The lowest BCUT2D eigenvalue weighted by molar-refractivity contribution is -0.141. The minimum Gasteiger partial charge on any atom is -0.381 e. The molecule has 2 heterocycles. The monoisotopic (exact) mass is 261 g/mol. The molecule has 2 rings (SSSR count). The highest BCUT2D eigenvalue weighted by Gasteiger charge is 2.32. The largest absolute Gasteiger partial charge is 0.435 e. The third-order valence-electron chi connectivity index (χ3n) is 2.78. The number of aromatic nitrogens is 2. The third kappa shape index (κ3) is 3.56. The number of alkyl halides is 3.